The smallest absolute Gasteiger partial charge is 0.296 e. The third-order valence-corrected chi connectivity index (χ3v) is 8.36. The SMILES string of the molecule is COc1ccc2nc(N3C(=O)C(O)=C(C(=O)c4sc(C)nc4C)C3c3ccc(C(C)C)cc3)sc2c1. The average molecular weight is 520 g/mol. The van der Waals surface area contributed by atoms with Crippen LogP contribution in [0.3, 0.4) is 0 Å². The Labute approximate surface area is 216 Å². The zero-order valence-corrected chi connectivity index (χ0v) is 22.2. The van der Waals surface area contributed by atoms with Gasteiger partial charge in [-0.1, -0.05) is 49.4 Å². The maximum Gasteiger partial charge on any atom is 0.296 e. The first-order valence-corrected chi connectivity index (χ1v) is 13.1. The highest BCUT2D eigenvalue weighted by molar-refractivity contribution is 7.22. The molecule has 1 amide bonds. The van der Waals surface area contributed by atoms with E-state index >= 15 is 0 Å². The van der Waals surface area contributed by atoms with E-state index in [2.05, 4.69) is 23.8 Å². The quantitative estimate of drug-likeness (QED) is 0.301. The average Bonchev–Trinajstić information content (AvgIpc) is 3.51. The number of fused-ring (bicyclic) bond motifs is 1. The Morgan fingerprint density at radius 3 is 2.42 bits per heavy atom. The summed E-state index contributed by atoms with van der Waals surface area (Å²) in [5, 5.41) is 12.2. The lowest BCUT2D eigenvalue weighted by Crippen LogP contribution is -2.31. The van der Waals surface area contributed by atoms with E-state index in [0.29, 0.717) is 32.9 Å². The minimum absolute atomic E-state index is 0.0425. The summed E-state index contributed by atoms with van der Waals surface area (Å²) in [6.07, 6.45) is 0. The van der Waals surface area contributed by atoms with Crippen LogP contribution in [0.4, 0.5) is 5.13 Å². The number of aliphatic hydroxyl groups excluding tert-OH is 1. The highest BCUT2D eigenvalue weighted by atomic mass is 32.1. The van der Waals surface area contributed by atoms with E-state index in [9.17, 15) is 14.7 Å². The Morgan fingerprint density at radius 1 is 1.08 bits per heavy atom. The van der Waals surface area contributed by atoms with Crippen molar-refractivity contribution in [3.8, 4) is 5.75 Å². The van der Waals surface area contributed by atoms with Gasteiger partial charge in [0.1, 0.15) is 5.75 Å². The molecular weight excluding hydrogens is 494 g/mol. The second-order valence-electron chi connectivity index (χ2n) is 8.97. The van der Waals surface area contributed by atoms with Gasteiger partial charge in [0.15, 0.2) is 10.9 Å². The molecule has 2 aromatic carbocycles. The van der Waals surface area contributed by atoms with E-state index in [1.165, 1.54) is 27.6 Å². The number of Topliss-reactive ketones (excluding diaryl/α,β-unsaturated/α-hetero) is 1. The first kappa shape index (κ1) is 24.1. The molecule has 5 rings (SSSR count). The van der Waals surface area contributed by atoms with Crippen LogP contribution in [0.25, 0.3) is 10.2 Å². The molecule has 184 valence electrons. The number of aliphatic hydroxyl groups is 1. The van der Waals surface area contributed by atoms with Crippen LogP contribution in [0.2, 0.25) is 0 Å². The number of carbonyl (C=O) groups is 2. The van der Waals surface area contributed by atoms with E-state index < -0.39 is 23.5 Å². The van der Waals surface area contributed by atoms with Crippen LogP contribution >= 0.6 is 22.7 Å². The first-order chi connectivity index (χ1) is 17.2. The molecule has 1 atom stereocenters. The van der Waals surface area contributed by atoms with E-state index in [4.69, 9.17) is 4.74 Å². The van der Waals surface area contributed by atoms with E-state index in [1.54, 1.807) is 20.1 Å². The van der Waals surface area contributed by atoms with Gasteiger partial charge in [-0.2, -0.15) is 0 Å². The van der Waals surface area contributed by atoms with Crippen molar-refractivity contribution >= 4 is 49.7 Å². The molecule has 0 bridgehead atoms. The Morgan fingerprint density at radius 2 is 1.81 bits per heavy atom. The molecule has 2 aromatic heterocycles. The lowest BCUT2D eigenvalue weighted by Gasteiger charge is -2.24. The molecule has 7 nitrogen and oxygen atoms in total. The van der Waals surface area contributed by atoms with Gasteiger partial charge in [0.25, 0.3) is 5.91 Å². The van der Waals surface area contributed by atoms with Crippen LogP contribution in [-0.4, -0.2) is 33.9 Å². The first-order valence-electron chi connectivity index (χ1n) is 11.5. The van der Waals surface area contributed by atoms with Gasteiger partial charge in [0.05, 0.1) is 44.5 Å². The standard InChI is InChI=1S/C27H25N3O4S2/c1-13(2)16-6-8-17(9-7-16)22-21(23(31)25-14(3)28-15(4)35-25)24(32)26(33)30(22)27-29-19-11-10-18(34-5)12-20(19)36-27/h6-13,22,32H,1-5H3. The molecule has 0 fully saturated rings. The van der Waals surface area contributed by atoms with Crippen LogP contribution in [0, 0.1) is 13.8 Å². The number of ketones is 1. The zero-order chi connectivity index (χ0) is 25.7. The van der Waals surface area contributed by atoms with E-state index in [-0.39, 0.29) is 5.57 Å². The van der Waals surface area contributed by atoms with Crippen molar-refractivity contribution in [3.63, 3.8) is 0 Å². The lowest BCUT2D eigenvalue weighted by atomic mass is 9.93. The number of aryl methyl sites for hydroxylation is 2. The number of carbonyl (C=O) groups excluding carboxylic acids is 2. The van der Waals surface area contributed by atoms with Crippen molar-refractivity contribution in [2.75, 3.05) is 12.0 Å². The summed E-state index contributed by atoms with van der Waals surface area (Å²) in [7, 11) is 1.59. The predicted molar refractivity (Wildman–Crippen MR) is 143 cm³/mol. The highest BCUT2D eigenvalue weighted by Crippen LogP contribution is 2.45. The van der Waals surface area contributed by atoms with Crippen molar-refractivity contribution in [3.05, 3.63) is 80.5 Å². The normalized spacial score (nSPS) is 16.0. The summed E-state index contributed by atoms with van der Waals surface area (Å²) < 4.78 is 6.16. The van der Waals surface area contributed by atoms with Crippen LogP contribution < -0.4 is 9.64 Å². The zero-order valence-electron chi connectivity index (χ0n) is 20.5. The molecule has 0 saturated heterocycles. The maximum absolute atomic E-state index is 13.8. The third kappa shape index (κ3) is 3.98. The molecule has 1 unspecified atom stereocenters. The largest absolute Gasteiger partial charge is 0.503 e. The number of nitrogens with zero attached hydrogens (tertiary/aromatic N) is 3. The number of amides is 1. The van der Waals surface area contributed by atoms with Crippen LogP contribution in [0.1, 0.15) is 57.3 Å². The predicted octanol–water partition coefficient (Wildman–Crippen LogP) is 6.28. The van der Waals surface area contributed by atoms with Crippen LogP contribution in [-0.2, 0) is 4.79 Å². The molecule has 0 saturated carbocycles. The number of anilines is 1. The minimum atomic E-state index is -0.824. The maximum atomic E-state index is 13.8. The molecule has 0 radical (unpaired) electrons. The van der Waals surface area contributed by atoms with Gasteiger partial charge in [0.2, 0.25) is 5.78 Å². The van der Waals surface area contributed by atoms with Crippen molar-refractivity contribution < 1.29 is 19.4 Å². The molecule has 36 heavy (non-hydrogen) atoms. The number of hydrogen-bond acceptors (Lipinski definition) is 8. The summed E-state index contributed by atoms with van der Waals surface area (Å²) in [5.41, 5.74) is 3.17. The van der Waals surface area contributed by atoms with Crippen molar-refractivity contribution in [2.24, 2.45) is 0 Å². The number of hydrogen-bond donors (Lipinski definition) is 1. The number of benzene rings is 2. The van der Waals surface area contributed by atoms with Crippen molar-refractivity contribution in [1.29, 1.82) is 0 Å². The molecule has 1 aliphatic rings. The van der Waals surface area contributed by atoms with Crippen molar-refractivity contribution in [2.45, 2.75) is 39.7 Å². The molecule has 9 heteroatoms. The molecule has 0 aliphatic carbocycles. The molecule has 1 aliphatic heterocycles. The van der Waals surface area contributed by atoms with Crippen LogP contribution in [0.5, 0.6) is 5.75 Å². The van der Waals surface area contributed by atoms with Gasteiger partial charge >= 0.3 is 0 Å². The lowest BCUT2D eigenvalue weighted by molar-refractivity contribution is -0.117. The molecule has 0 spiro atoms. The second kappa shape index (κ2) is 9.15. The fourth-order valence-electron chi connectivity index (χ4n) is 4.40. The second-order valence-corrected chi connectivity index (χ2v) is 11.2. The summed E-state index contributed by atoms with van der Waals surface area (Å²) in [6, 6.07) is 12.5. The van der Waals surface area contributed by atoms with E-state index in [1.807, 2.05) is 43.3 Å². The topological polar surface area (TPSA) is 92.6 Å². The Kier molecular flexibility index (Phi) is 6.13. The number of thiazole rings is 2. The Bertz CT molecular complexity index is 1530. The molecule has 1 N–H and O–H groups in total. The molecular formula is C27H25N3O4S2. The van der Waals surface area contributed by atoms with Gasteiger partial charge in [-0.25, -0.2) is 9.97 Å². The summed E-state index contributed by atoms with van der Waals surface area (Å²) in [4.78, 5) is 38.2. The Balaban J connectivity index is 1.67. The van der Waals surface area contributed by atoms with Crippen LogP contribution in [0.15, 0.2) is 53.8 Å². The summed E-state index contributed by atoms with van der Waals surface area (Å²) >= 11 is 2.57. The minimum Gasteiger partial charge on any atom is -0.503 e. The van der Waals surface area contributed by atoms with Gasteiger partial charge in [-0.05, 0) is 49.1 Å². The van der Waals surface area contributed by atoms with E-state index in [0.717, 1.165) is 20.8 Å². The van der Waals surface area contributed by atoms with Gasteiger partial charge in [0, 0.05) is 0 Å². The van der Waals surface area contributed by atoms with Gasteiger partial charge < -0.3 is 9.84 Å². The third-order valence-electron chi connectivity index (χ3n) is 6.27. The fraction of sp³-hybridized carbons (Fsp3) is 0.259. The number of methoxy groups -OCH3 is 1. The summed E-state index contributed by atoms with van der Waals surface area (Å²) in [5.74, 6) is -0.597. The fourth-order valence-corrected chi connectivity index (χ4v) is 6.29. The monoisotopic (exact) mass is 519 g/mol. The molecule has 4 aromatic rings. The van der Waals surface area contributed by atoms with Gasteiger partial charge in [-0.3, -0.25) is 14.5 Å². The number of rotatable bonds is 6. The van der Waals surface area contributed by atoms with Gasteiger partial charge in [-0.15, -0.1) is 11.3 Å². The van der Waals surface area contributed by atoms with Crippen molar-refractivity contribution in [1.82, 2.24) is 9.97 Å². The summed E-state index contributed by atoms with van der Waals surface area (Å²) in [6.45, 7) is 7.79. The number of aromatic nitrogens is 2. The number of ether oxygens (including phenoxy) is 1. The Hall–Kier alpha value is -3.56. The highest BCUT2D eigenvalue weighted by Gasteiger charge is 2.46. The molecule has 3 heterocycles.